The van der Waals surface area contributed by atoms with E-state index in [0.717, 1.165) is 39.6 Å². The van der Waals surface area contributed by atoms with Gasteiger partial charge in [0.05, 0.1) is 17.8 Å². The fourth-order valence-electron chi connectivity index (χ4n) is 5.25. The third-order valence-corrected chi connectivity index (χ3v) is 7.52. The number of anilines is 1. The molecule has 1 saturated heterocycles. The van der Waals surface area contributed by atoms with E-state index in [1.807, 2.05) is 67.6 Å². The molecule has 0 radical (unpaired) electrons. The summed E-state index contributed by atoms with van der Waals surface area (Å²) >= 11 is 12.1. The van der Waals surface area contributed by atoms with Crippen LogP contribution >= 0.6 is 23.8 Å². The molecule has 0 bridgehead atoms. The third-order valence-electron chi connectivity index (χ3n) is 6.93. The summed E-state index contributed by atoms with van der Waals surface area (Å²) in [6.07, 6.45) is 2.10. The van der Waals surface area contributed by atoms with E-state index < -0.39 is 0 Å². The number of nitrogens with zero attached hydrogens (tertiary/aromatic N) is 3. The van der Waals surface area contributed by atoms with Crippen LogP contribution in [0.2, 0.25) is 5.02 Å². The molecule has 2 atom stereocenters. The number of nitrogens with one attached hydrogen (secondary N) is 2. The molecule has 0 aliphatic carbocycles. The number of amides is 1. The first kappa shape index (κ1) is 25.9. The summed E-state index contributed by atoms with van der Waals surface area (Å²) in [5, 5.41) is 7.80. The molecule has 5 rings (SSSR count). The number of carbonyl (C=O) groups excluding carboxylic acids is 1. The van der Waals surface area contributed by atoms with Gasteiger partial charge in [-0.3, -0.25) is 9.78 Å². The largest absolute Gasteiger partial charge is 0.352 e. The van der Waals surface area contributed by atoms with E-state index in [4.69, 9.17) is 23.8 Å². The lowest BCUT2D eigenvalue weighted by Crippen LogP contribution is -2.32. The number of halogens is 1. The van der Waals surface area contributed by atoms with E-state index in [2.05, 4.69) is 51.1 Å². The smallest absolute Gasteiger partial charge is 0.226 e. The molecule has 4 aromatic rings. The molecule has 6 nitrogen and oxygen atoms in total. The second kappa shape index (κ2) is 11.0. The molecule has 2 aromatic heterocycles. The van der Waals surface area contributed by atoms with Crippen LogP contribution in [0.4, 0.5) is 5.69 Å². The zero-order valence-corrected chi connectivity index (χ0v) is 23.2. The van der Waals surface area contributed by atoms with Gasteiger partial charge in [0.15, 0.2) is 5.11 Å². The number of hydrogen-bond donors (Lipinski definition) is 2. The number of thiocarbonyl (C=S) groups is 1. The molecular weight excluding hydrogens is 514 g/mol. The zero-order chi connectivity index (χ0) is 26.8. The SMILES string of the molecule is Cc1cccc(NC(=O)CCN2C(=S)N[C@H](c3ccccn3)[C@H]2c2cc(C)n(-c3cccc(Cl)c3)c2C)c1. The maximum Gasteiger partial charge on any atom is 0.226 e. The van der Waals surface area contributed by atoms with Crippen molar-refractivity contribution in [3.8, 4) is 5.69 Å². The van der Waals surface area contributed by atoms with Gasteiger partial charge in [-0.15, -0.1) is 0 Å². The van der Waals surface area contributed by atoms with Crippen molar-refractivity contribution >= 4 is 40.5 Å². The minimum Gasteiger partial charge on any atom is -0.352 e. The number of benzene rings is 2. The molecule has 0 saturated carbocycles. The summed E-state index contributed by atoms with van der Waals surface area (Å²) in [4.78, 5) is 19.7. The Morgan fingerprint density at radius 1 is 1.05 bits per heavy atom. The van der Waals surface area contributed by atoms with E-state index >= 15 is 0 Å². The van der Waals surface area contributed by atoms with Gasteiger partial charge < -0.3 is 20.1 Å². The number of carbonyl (C=O) groups is 1. The van der Waals surface area contributed by atoms with Gasteiger partial charge in [-0.2, -0.15) is 0 Å². The van der Waals surface area contributed by atoms with E-state index in [1.165, 1.54) is 0 Å². The van der Waals surface area contributed by atoms with Crippen LogP contribution in [0.5, 0.6) is 0 Å². The van der Waals surface area contributed by atoms with Crippen molar-refractivity contribution in [3.05, 3.63) is 112 Å². The first-order valence-corrected chi connectivity index (χ1v) is 13.4. The van der Waals surface area contributed by atoms with Crippen LogP contribution in [0.15, 0.2) is 79.0 Å². The van der Waals surface area contributed by atoms with E-state index in [9.17, 15) is 4.79 Å². The summed E-state index contributed by atoms with van der Waals surface area (Å²) in [5.41, 5.74) is 7.12. The number of pyridine rings is 1. The minimum absolute atomic E-state index is 0.0529. The highest BCUT2D eigenvalue weighted by Crippen LogP contribution is 2.41. The van der Waals surface area contributed by atoms with E-state index in [-0.39, 0.29) is 18.0 Å². The van der Waals surface area contributed by atoms with Crippen LogP contribution < -0.4 is 10.6 Å². The average molecular weight is 544 g/mol. The molecule has 1 aliphatic rings. The molecule has 0 spiro atoms. The fraction of sp³-hybridized carbons (Fsp3) is 0.233. The van der Waals surface area contributed by atoms with Crippen molar-refractivity contribution in [2.75, 3.05) is 11.9 Å². The maximum absolute atomic E-state index is 12.9. The van der Waals surface area contributed by atoms with Crippen molar-refractivity contribution in [2.24, 2.45) is 0 Å². The van der Waals surface area contributed by atoms with Crippen LogP contribution in [-0.2, 0) is 4.79 Å². The van der Waals surface area contributed by atoms with Crippen molar-refractivity contribution < 1.29 is 4.79 Å². The normalized spacial score (nSPS) is 16.9. The quantitative estimate of drug-likeness (QED) is 0.262. The minimum atomic E-state index is -0.156. The van der Waals surface area contributed by atoms with Gasteiger partial charge in [-0.25, -0.2) is 0 Å². The van der Waals surface area contributed by atoms with Crippen LogP contribution in [0, 0.1) is 20.8 Å². The topological polar surface area (TPSA) is 62.2 Å². The molecule has 194 valence electrons. The number of hydrogen-bond acceptors (Lipinski definition) is 3. The Hall–Kier alpha value is -3.68. The first-order valence-electron chi connectivity index (χ1n) is 12.6. The van der Waals surface area contributed by atoms with Crippen LogP contribution in [0.25, 0.3) is 5.69 Å². The summed E-state index contributed by atoms with van der Waals surface area (Å²) in [5.74, 6) is -0.0529. The van der Waals surface area contributed by atoms with E-state index in [1.54, 1.807) is 6.20 Å². The van der Waals surface area contributed by atoms with Gasteiger partial charge in [0.25, 0.3) is 0 Å². The molecule has 1 fully saturated rings. The lowest BCUT2D eigenvalue weighted by atomic mass is 9.96. The summed E-state index contributed by atoms with van der Waals surface area (Å²) in [6.45, 7) is 6.68. The number of aryl methyl sites for hydroxylation is 2. The number of aromatic nitrogens is 2. The highest BCUT2D eigenvalue weighted by atomic mass is 35.5. The molecule has 0 unspecified atom stereocenters. The van der Waals surface area contributed by atoms with Gasteiger partial charge in [0.2, 0.25) is 5.91 Å². The Morgan fingerprint density at radius 2 is 1.87 bits per heavy atom. The highest BCUT2D eigenvalue weighted by molar-refractivity contribution is 7.80. The monoisotopic (exact) mass is 543 g/mol. The predicted octanol–water partition coefficient (Wildman–Crippen LogP) is 6.45. The van der Waals surface area contributed by atoms with Crippen molar-refractivity contribution in [1.29, 1.82) is 0 Å². The second-order valence-corrected chi connectivity index (χ2v) is 10.5. The molecule has 8 heteroatoms. The van der Waals surface area contributed by atoms with Gasteiger partial charge in [0, 0.05) is 46.9 Å². The maximum atomic E-state index is 12.9. The van der Waals surface area contributed by atoms with E-state index in [0.29, 0.717) is 23.1 Å². The van der Waals surface area contributed by atoms with Crippen molar-refractivity contribution in [1.82, 2.24) is 19.8 Å². The van der Waals surface area contributed by atoms with Crippen LogP contribution in [0.3, 0.4) is 0 Å². The summed E-state index contributed by atoms with van der Waals surface area (Å²) in [7, 11) is 0. The Kier molecular flexibility index (Phi) is 7.49. The lowest BCUT2D eigenvalue weighted by Gasteiger charge is -2.28. The average Bonchev–Trinajstić information content (AvgIpc) is 3.37. The van der Waals surface area contributed by atoms with Gasteiger partial charge in [0.1, 0.15) is 0 Å². The summed E-state index contributed by atoms with van der Waals surface area (Å²) in [6, 6.07) is 23.5. The Bertz CT molecular complexity index is 1490. The Morgan fingerprint density at radius 3 is 2.61 bits per heavy atom. The molecule has 2 N–H and O–H groups in total. The molecule has 38 heavy (non-hydrogen) atoms. The molecule has 2 aromatic carbocycles. The second-order valence-electron chi connectivity index (χ2n) is 9.63. The standard InChI is InChI=1S/C30H30ClN5OS/c1-19-8-6-10-23(16-19)33-27(37)13-15-35-29(28(34-30(35)38)26-12-4-5-14-32-26)25-17-20(2)36(21(25)3)24-11-7-9-22(31)18-24/h4-12,14,16-18,28-29H,13,15H2,1-3H3,(H,33,37)(H,34,38)/t28-,29-/m1/s1. The Labute approximate surface area is 233 Å². The highest BCUT2D eigenvalue weighted by Gasteiger charge is 2.41. The summed E-state index contributed by atoms with van der Waals surface area (Å²) < 4.78 is 2.21. The third kappa shape index (κ3) is 5.30. The fourth-order valence-corrected chi connectivity index (χ4v) is 5.77. The Balaban J connectivity index is 1.47. The predicted molar refractivity (Wildman–Crippen MR) is 157 cm³/mol. The molecule has 1 aliphatic heterocycles. The first-order chi connectivity index (χ1) is 18.3. The van der Waals surface area contributed by atoms with Crippen LogP contribution in [-0.4, -0.2) is 32.0 Å². The van der Waals surface area contributed by atoms with Crippen molar-refractivity contribution in [3.63, 3.8) is 0 Å². The molecular formula is C30H30ClN5OS. The molecule has 1 amide bonds. The lowest BCUT2D eigenvalue weighted by molar-refractivity contribution is -0.116. The van der Waals surface area contributed by atoms with Gasteiger partial charge in [-0.1, -0.05) is 35.9 Å². The van der Waals surface area contributed by atoms with Gasteiger partial charge >= 0.3 is 0 Å². The van der Waals surface area contributed by atoms with Gasteiger partial charge in [-0.05, 0) is 92.6 Å². The zero-order valence-electron chi connectivity index (χ0n) is 21.6. The van der Waals surface area contributed by atoms with Crippen LogP contribution in [0.1, 0.15) is 46.7 Å². The molecule has 3 heterocycles. The van der Waals surface area contributed by atoms with Crippen molar-refractivity contribution in [2.45, 2.75) is 39.3 Å². The number of rotatable bonds is 7.